The van der Waals surface area contributed by atoms with Gasteiger partial charge in [-0.05, 0) is 0 Å². The summed E-state index contributed by atoms with van der Waals surface area (Å²) < 4.78 is 5.41. The maximum atomic E-state index is 11.6. The number of ether oxygens (including phenoxy) is 1. The van der Waals surface area contributed by atoms with Gasteiger partial charge >= 0.3 is 130 Å². The molecular weight excluding hydrogens is 444 g/mol. The quantitative estimate of drug-likeness (QED) is 0.540. The molecule has 0 aliphatic heterocycles. The summed E-state index contributed by atoms with van der Waals surface area (Å²) >= 11 is 1.47. The van der Waals surface area contributed by atoms with Crippen LogP contribution in [0.15, 0.2) is 0 Å². The normalized spacial score (nSPS) is 15.9. The Hall–Kier alpha value is -0.217. The van der Waals surface area contributed by atoms with Crippen LogP contribution in [0.3, 0.4) is 0 Å². The van der Waals surface area contributed by atoms with Crippen molar-refractivity contribution in [1.82, 2.24) is 5.32 Å². The fraction of sp³-hybridized carbons (Fsp3) is 0.846. The topological polar surface area (TPSA) is 75.6 Å². The second-order valence-electron chi connectivity index (χ2n) is 5.20. The van der Waals surface area contributed by atoms with E-state index in [1.807, 2.05) is 13.8 Å². The zero-order chi connectivity index (χ0) is 15.1. The Morgan fingerprint density at radius 2 is 1.89 bits per heavy atom. The molecule has 0 rings (SSSR count). The fourth-order valence-electron chi connectivity index (χ4n) is 1.28. The van der Waals surface area contributed by atoms with E-state index in [0.717, 1.165) is 6.42 Å². The fourth-order valence-corrected chi connectivity index (χ4v) is 1.79. The van der Waals surface area contributed by atoms with E-state index in [0.29, 0.717) is 12.5 Å². The van der Waals surface area contributed by atoms with Gasteiger partial charge in [-0.2, -0.15) is 0 Å². The molecule has 2 unspecified atom stereocenters. The van der Waals surface area contributed by atoms with E-state index in [-0.39, 0.29) is 24.8 Å². The summed E-state index contributed by atoms with van der Waals surface area (Å²) in [6, 6.07) is -0.141. The van der Waals surface area contributed by atoms with Crippen molar-refractivity contribution in [2.24, 2.45) is 5.92 Å². The van der Waals surface area contributed by atoms with E-state index in [1.165, 1.54) is 24.7 Å². The number of aliphatic carboxylic acids is 1. The molecule has 112 valence electrons. The molecule has 5 nitrogen and oxygen atoms in total. The molecule has 19 heavy (non-hydrogen) atoms. The van der Waals surface area contributed by atoms with Gasteiger partial charge in [-0.3, -0.25) is 0 Å². The van der Waals surface area contributed by atoms with Gasteiger partial charge < -0.3 is 0 Å². The third kappa shape index (κ3) is 9.34. The van der Waals surface area contributed by atoms with Gasteiger partial charge in [-0.25, -0.2) is 0 Å². The van der Waals surface area contributed by atoms with Crippen LogP contribution in [0, 0.1) is 30.6 Å². The molecule has 0 aliphatic rings. The van der Waals surface area contributed by atoms with Crippen LogP contribution in [0.1, 0.15) is 47.0 Å². The van der Waals surface area contributed by atoms with Gasteiger partial charge in [0.1, 0.15) is 0 Å². The van der Waals surface area contributed by atoms with Crippen molar-refractivity contribution in [2.45, 2.75) is 56.3 Å². The molecule has 0 bridgehead atoms. The standard InChI is InChI=1S/C13H24AtNO4/c1-9(2)7-8-19-13(4,14)10(3)15-11(16)5-6-12(17)18/h9-10H,5-8H2,1-4H3,(H,15,16)(H,17,18). The van der Waals surface area contributed by atoms with Crippen LogP contribution in [0.4, 0.5) is 0 Å². The van der Waals surface area contributed by atoms with Crippen molar-refractivity contribution in [1.29, 1.82) is 0 Å². The van der Waals surface area contributed by atoms with Gasteiger partial charge in [0, 0.05) is 0 Å². The van der Waals surface area contributed by atoms with Crippen LogP contribution in [0.5, 0.6) is 0 Å². The Morgan fingerprint density at radius 3 is 2.37 bits per heavy atom. The maximum absolute atomic E-state index is 11.6. The molecular formula is C13H24AtNO4. The minimum atomic E-state index is -0.959. The minimum absolute atomic E-state index is 0.00791. The van der Waals surface area contributed by atoms with Crippen LogP contribution in [-0.2, 0) is 14.3 Å². The van der Waals surface area contributed by atoms with Crippen molar-refractivity contribution in [3.05, 3.63) is 0 Å². The van der Waals surface area contributed by atoms with Crippen LogP contribution in [0.25, 0.3) is 0 Å². The van der Waals surface area contributed by atoms with E-state index in [9.17, 15) is 9.59 Å². The Kier molecular flexibility index (Phi) is 8.75. The second kappa shape index (κ2) is 8.86. The molecule has 2 atom stereocenters. The van der Waals surface area contributed by atoms with E-state index < -0.39 is 9.28 Å². The number of carboxylic acids is 1. The predicted octanol–water partition coefficient (Wildman–Crippen LogP) is 1.68. The summed E-state index contributed by atoms with van der Waals surface area (Å²) in [4.78, 5) is 22.0. The number of nitrogens with one attached hydrogen (secondary N) is 1. The summed E-state index contributed by atoms with van der Waals surface area (Å²) in [7, 11) is 0. The molecule has 0 spiro atoms. The summed E-state index contributed by atoms with van der Waals surface area (Å²) in [5.41, 5.74) is 0. The molecule has 1 amide bonds. The Balaban J connectivity index is 4.11. The molecule has 0 saturated heterocycles. The number of carbonyl (C=O) groups excluding carboxylic acids is 1. The van der Waals surface area contributed by atoms with Gasteiger partial charge in [0.15, 0.2) is 0 Å². The Morgan fingerprint density at radius 1 is 1.32 bits per heavy atom. The molecule has 0 aromatic heterocycles. The van der Waals surface area contributed by atoms with Crippen molar-refractivity contribution in [3.63, 3.8) is 0 Å². The first-order chi connectivity index (χ1) is 8.65. The molecule has 0 heterocycles. The van der Waals surface area contributed by atoms with Crippen LogP contribution >= 0.6 is 0 Å². The van der Waals surface area contributed by atoms with Gasteiger partial charge in [-0.1, -0.05) is 0 Å². The molecule has 6 heteroatoms. The Labute approximate surface area is 130 Å². The number of carboxylic acid groups (broad SMARTS) is 1. The SMILES string of the molecule is CC(C)CCOC(C)([At])C(C)NC(=O)CCC(=O)O. The number of hydrogen-bond donors (Lipinski definition) is 2. The average Bonchev–Trinajstić information content (AvgIpc) is 2.25. The number of carbonyl (C=O) groups is 2. The number of hydrogen-bond acceptors (Lipinski definition) is 3. The van der Waals surface area contributed by atoms with Crippen molar-refractivity contribution in [3.8, 4) is 0 Å². The Bertz CT molecular complexity index is 305. The van der Waals surface area contributed by atoms with E-state index in [2.05, 4.69) is 19.2 Å². The van der Waals surface area contributed by atoms with Crippen LogP contribution in [0.2, 0.25) is 0 Å². The van der Waals surface area contributed by atoms with Gasteiger partial charge in [0.05, 0.1) is 0 Å². The molecule has 0 aromatic rings. The third-order valence-corrected chi connectivity index (χ3v) is 4.49. The van der Waals surface area contributed by atoms with Crippen molar-refractivity contribution >= 4 is 11.9 Å². The first-order valence-electron chi connectivity index (χ1n) is 6.49. The van der Waals surface area contributed by atoms with Crippen molar-refractivity contribution < 1.29 is 44.2 Å². The van der Waals surface area contributed by atoms with E-state index >= 15 is 0 Å². The average molecular weight is 468 g/mol. The number of rotatable bonds is 9. The zero-order valence-corrected chi connectivity index (χ0v) is 15.0. The van der Waals surface area contributed by atoms with E-state index in [4.69, 9.17) is 9.84 Å². The summed E-state index contributed by atoms with van der Waals surface area (Å²) in [5.74, 6) is -0.619. The third-order valence-electron chi connectivity index (χ3n) is 2.80. The second-order valence-corrected chi connectivity index (χ2v) is 8.12. The van der Waals surface area contributed by atoms with Gasteiger partial charge in [0.2, 0.25) is 0 Å². The van der Waals surface area contributed by atoms with Crippen molar-refractivity contribution in [2.75, 3.05) is 6.61 Å². The van der Waals surface area contributed by atoms with E-state index in [1.54, 1.807) is 0 Å². The first kappa shape index (κ1) is 18.8. The molecule has 0 fully saturated rings. The van der Waals surface area contributed by atoms with Crippen LogP contribution < -0.4 is 5.32 Å². The van der Waals surface area contributed by atoms with Gasteiger partial charge in [-0.15, -0.1) is 0 Å². The first-order valence-corrected chi connectivity index (χ1v) is 7.96. The van der Waals surface area contributed by atoms with Crippen LogP contribution in [-0.4, -0.2) is 32.9 Å². The summed E-state index contributed by atoms with van der Waals surface area (Å²) in [6.07, 6.45) is 0.851. The summed E-state index contributed by atoms with van der Waals surface area (Å²) in [6.45, 7) is 8.77. The molecule has 0 aromatic carbocycles. The van der Waals surface area contributed by atoms with Gasteiger partial charge in [0.25, 0.3) is 0 Å². The molecule has 0 saturated carbocycles. The number of amides is 1. The monoisotopic (exact) mass is 468 g/mol. The summed E-state index contributed by atoms with van der Waals surface area (Å²) in [5, 5.41) is 11.3. The molecule has 0 radical (unpaired) electrons. The molecule has 0 aliphatic carbocycles. The molecule has 2 N–H and O–H groups in total. The zero-order valence-electron chi connectivity index (χ0n) is 12.0. The predicted molar refractivity (Wildman–Crippen MR) is 68.3 cm³/mol.